The number of carbonyl (C=O) groups excluding carboxylic acids is 1. The van der Waals surface area contributed by atoms with E-state index in [1.165, 1.54) is 50.7 Å². The summed E-state index contributed by atoms with van der Waals surface area (Å²) in [7, 11) is 0. The summed E-state index contributed by atoms with van der Waals surface area (Å²) >= 11 is 0. The van der Waals surface area contributed by atoms with Gasteiger partial charge in [-0.05, 0) is 19.4 Å². The van der Waals surface area contributed by atoms with E-state index in [0.29, 0.717) is 13.0 Å². The molecule has 2 atom stereocenters. The van der Waals surface area contributed by atoms with E-state index in [-0.39, 0.29) is 0 Å². The van der Waals surface area contributed by atoms with Gasteiger partial charge in [-0.15, -0.1) is 0 Å². The Morgan fingerprint density at radius 1 is 1.00 bits per heavy atom. The molecule has 0 unspecified atom stereocenters. The highest BCUT2D eigenvalue weighted by Gasteiger charge is 2.13. The number of ether oxygens (including phenoxy) is 1. The molecule has 4 nitrogen and oxygen atoms in total. The molecule has 2 N–H and O–H groups in total. The lowest BCUT2D eigenvalue weighted by Gasteiger charge is -2.14. The summed E-state index contributed by atoms with van der Waals surface area (Å²) in [5.74, 6) is -0.490. The first kappa shape index (κ1) is 20.1. The topological polar surface area (TPSA) is 66.8 Å². The maximum absolute atomic E-state index is 11.1. The number of hydrogen-bond donors (Lipinski definition) is 2. The number of hydrogen-bond acceptors (Lipinski definition) is 4. The average molecular weight is 300 g/mol. The third-order valence-corrected chi connectivity index (χ3v) is 3.46. The molecule has 0 aliphatic carbocycles. The Kier molecular flexibility index (Phi) is 13.5. The second kappa shape index (κ2) is 14.1. The summed E-state index contributed by atoms with van der Waals surface area (Å²) in [6.45, 7) is 4.24. The average Bonchev–Trinajstić information content (AvgIpc) is 2.47. The van der Waals surface area contributed by atoms with Crippen LogP contribution < -0.4 is 0 Å². The van der Waals surface area contributed by atoms with Crippen molar-refractivity contribution in [3.8, 4) is 0 Å². The van der Waals surface area contributed by atoms with Crippen LogP contribution in [0.3, 0.4) is 0 Å². The molecular weight excluding hydrogens is 268 g/mol. The molecule has 0 radical (unpaired) electrons. The maximum atomic E-state index is 11.1. The molecule has 0 aromatic heterocycles. The van der Waals surface area contributed by atoms with Gasteiger partial charge < -0.3 is 14.9 Å². The number of esters is 1. The van der Waals surface area contributed by atoms with E-state index in [1.807, 2.05) is 0 Å². The van der Waals surface area contributed by atoms with Crippen LogP contribution in [-0.4, -0.2) is 35.0 Å². The molecule has 0 aliphatic heterocycles. The zero-order valence-corrected chi connectivity index (χ0v) is 13.6. The molecule has 0 aliphatic rings. The van der Waals surface area contributed by atoms with Gasteiger partial charge in [0.2, 0.25) is 0 Å². The minimum atomic E-state index is -1.00. The van der Waals surface area contributed by atoms with Crippen molar-refractivity contribution in [2.75, 3.05) is 6.61 Å². The number of unbranched alkanes of at least 4 members (excludes halogenated alkanes) is 7. The van der Waals surface area contributed by atoms with Crippen molar-refractivity contribution in [2.45, 2.75) is 83.8 Å². The smallest absolute Gasteiger partial charge is 0.330 e. The summed E-state index contributed by atoms with van der Waals surface area (Å²) in [6.07, 6.45) is 10.8. The SMILES string of the molecule is CCCCCCCCCC[C@H](O)[C@@H](O)/C=C/C(=O)OCC. The molecule has 0 rings (SSSR count). The molecule has 0 saturated heterocycles. The molecule has 0 heterocycles. The van der Waals surface area contributed by atoms with E-state index in [4.69, 9.17) is 4.74 Å². The zero-order valence-electron chi connectivity index (χ0n) is 13.6. The second-order valence-corrected chi connectivity index (χ2v) is 5.43. The van der Waals surface area contributed by atoms with Gasteiger partial charge in [0.05, 0.1) is 18.8 Å². The predicted molar refractivity (Wildman–Crippen MR) is 85.0 cm³/mol. The number of rotatable bonds is 13. The Labute approximate surface area is 129 Å². The Morgan fingerprint density at radius 2 is 1.57 bits per heavy atom. The summed E-state index contributed by atoms with van der Waals surface area (Å²) in [4.78, 5) is 11.1. The first-order valence-corrected chi connectivity index (χ1v) is 8.32. The normalized spacial score (nSPS) is 14.3. The summed E-state index contributed by atoms with van der Waals surface area (Å²) in [5, 5.41) is 19.5. The van der Waals surface area contributed by atoms with Crippen molar-refractivity contribution in [3.05, 3.63) is 12.2 Å². The van der Waals surface area contributed by atoms with Crippen LogP contribution in [0.2, 0.25) is 0 Å². The van der Waals surface area contributed by atoms with Crippen LogP contribution in [0.4, 0.5) is 0 Å². The van der Waals surface area contributed by atoms with Gasteiger partial charge in [-0.25, -0.2) is 4.79 Å². The molecule has 0 saturated carbocycles. The first-order valence-electron chi connectivity index (χ1n) is 8.32. The van der Waals surface area contributed by atoms with Crippen molar-refractivity contribution in [2.24, 2.45) is 0 Å². The quantitative estimate of drug-likeness (QED) is 0.311. The fourth-order valence-corrected chi connectivity index (χ4v) is 2.15. The lowest BCUT2D eigenvalue weighted by atomic mass is 10.0. The minimum Gasteiger partial charge on any atom is -0.463 e. The number of aliphatic hydroxyl groups excluding tert-OH is 2. The standard InChI is InChI=1S/C17H32O4/c1-3-5-6-7-8-9-10-11-12-15(18)16(19)13-14-17(20)21-4-2/h13-16,18-19H,3-12H2,1-2H3/b14-13+/t15-,16-/m0/s1. The summed E-state index contributed by atoms with van der Waals surface area (Å²) in [6, 6.07) is 0. The lowest BCUT2D eigenvalue weighted by molar-refractivity contribution is -0.137. The van der Waals surface area contributed by atoms with Crippen LogP contribution in [0.15, 0.2) is 12.2 Å². The molecule has 21 heavy (non-hydrogen) atoms. The maximum Gasteiger partial charge on any atom is 0.330 e. The molecule has 0 spiro atoms. The summed E-state index contributed by atoms with van der Waals surface area (Å²) in [5.41, 5.74) is 0. The van der Waals surface area contributed by atoms with Crippen LogP contribution in [0, 0.1) is 0 Å². The Hall–Kier alpha value is -0.870. The summed E-state index contributed by atoms with van der Waals surface area (Å²) < 4.78 is 4.71. The molecule has 0 fully saturated rings. The van der Waals surface area contributed by atoms with Crippen LogP contribution >= 0.6 is 0 Å². The van der Waals surface area contributed by atoms with Crippen molar-refractivity contribution >= 4 is 5.97 Å². The van der Waals surface area contributed by atoms with E-state index >= 15 is 0 Å². The largest absolute Gasteiger partial charge is 0.463 e. The minimum absolute atomic E-state index is 0.306. The second-order valence-electron chi connectivity index (χ2n) is 5.43. The van der Waals surface area contributed by atoms with Crippen molar-refractivity contribution in [1.82, 2.24) is 0 Å². The Bertz CT molecular complexity index is 276. The number of carbonyl (C=O) groups is 1. The van der Waals surface area contributed by atoms with Gasteiger partial charge >= 0.3 is 5.97 Å². The molecule has 0 bridgehead atoms. The van der Waals surface area contributed by atoms with Crippen molar-refractivity contribution in [3.63, 3.8) is 0 Å². The van der Waals surface area contributed by atoms with Gasteiger partial charge in [0.25, 0.3) is 0 Å². The molecule has 0 amide bonds. The van der Waals surface area contributed by atoms with E-state index in [1.54, 1.807) is 6.92 Å². The molecule has 4 heteroatoms. The van der Waals surface area contributed by atoms with Crippen molar-refractivity contribution in [1.29, 1.82) is 0 Å². The molecule has 124 valence electrons. The van der Waals surface area contributed by atoms with Crippen LogP contribution in [-0.2, 0) is 9.53 Å². The van der Waals surface area contributed by atoms with Crippen LogP contribution in [0.25, 0.3) is 0 Å². The van der Waals surface area contributed by atoms with Gasteiger partial charge in [-0.1, -0.05) is 58.3 Å². The first-order chi connectivity index (χ1) is 10.1. The van der Waals surface area contributed by atoms with Crippen LogP contribution in [0.1, 0.15) is 71.6 Å². The highest BCUT2D eigenvalue weighted by Crippen LogP contribution is 2.12. The molecular formula is C17H32O4. The van der Waals surface area contributed by atoms with Crippen molar-refractivity contribution < 1.29 is 19.7 Å². The van der Waals surface area contributed by atoms with E-state index in [9.17, 15) is 15.0 Å². The van der Waals surface area contributed by atoms with E-state index in [2.05, 4.69) is 6.92 Å². The van der Waals surface area contributed by atoms with Gasteiger partial charge in [0.1, 0.15) is 0 Å². The van der Waals surface area contributed by atoms with Gasteiger partial charge in [-0.2, -0.15) is 0 Å². The van der Waals surface area contributed by atoms with Gasteiger partial charge in [0, 0.05) is 6.08 Å². The number of aliphatic hydroxyl groups is 2. The lowest BCUT2D eigenvalue weighted by Crippen LogP contribution is -2.23. The fraction of sp³-hybridized carbons (Fsp3) is 0.824. The van der Waals surface area contributed by atoms with E-state index in [0.717, 1.165) is 12.8 Å². The van der Waals surface area contributed by atoms with Gasteiger partial charge in [-0.3, -0.25) is 0 Å². The van der Waals surface area contributed by atoms with Crippen LogP contribution in [0.5, 0.6) is 0 Å². The highest BCUT2D eigenvalue weighted by molar-refractivity contribution is 5.81. The Morgan fingerprint density at radius 3 is 2.14 bits per heavy atom. The highest BCUT2D eigenvalue weighted by atomic mass is 16.5. The van der Waals surface area contributed by atoms with E-state index < -0.39 is 18.2 Å². The monoisotopic (exact) mass is 300 g/mol. The predicted octanol–water partition coefficient (Wildman–Crippen LogP) is 3.36. The fourth-order valence-electron chi connectivity index (χ4n) is 2.15. The molecule has 0 aromatic rings. The third-order valence-electron chi connectivity index (χ3n) is 3.46. The third kappa shape index (κ3) is 12.6. The Balaban J connectivity index is 3.59. The zero-order chi connectivity index (χ0) is 15.9. The van der Waals surface area contributed by atoms with Gasteiger partial charge in [0.15, 0.2) is 0 Å². The molecule has 0 aromatic carbocycles.